The van der Waals surface area contributed by atoms with Crippen molar-refractivity contribution in [1.82, 2.24) is 9.38 Å². The van der Waals surface area contributed by atoms with Gasteiger partial charge >= 0.3 is 5.97 Å². The molecular formula is C21H18N2O3S. The Balaban J connectivity index is 1.92. The van der Waals surface area contributed by atoms with Gasteiger partial charge in [0.1, 0.15) is 5.75 Å². The molecule has 0 saturated carbocycles. The molecule has 2 heterocycles. The monoisotopic (exact) mass is 378 g/mol. The van der Waals surface area contributed by atoms with Crippen molar-refractivity contribution in [3.8, 4) is 28.3 Å². The molecule has 2 aromatic heterocycles. The van der Waals surface area contributed by atoms with Gasteiger partial charge in [0, 0.05) is 16.1 Å². The number of benzene rings is 2. The van der Waals surface area contributed by atoms with E-state index in [4.69, 9.17) is 9.72 Å². The number of hydrogen-bond donors (Lipinski definition) is 1. The average Bonchev–Trinajstić information content (AvgIpc) is 3.18. The third kappa shape index (κ3) is 3.08. The minimum atomic E-state index is -0.843. The zero-order valence-electron chi connectivity index (χ0n) is 15.0. The maximum Gasteiger partial charge on any atom is 0.308 e. The number of fused-ring (bicyclic) bond motifs is 1. The molecule has 0 aliphatic heterocycles. The first-order valence-electron chi connectivity index (χ1n) is 8.51. The molecule has 1 N–H and O–H groups in total. The first kappa shape index (κ1) is 17.3. The van der Waals surface area contributed by atoms with E-state index in [1.807, 2.05) is 61.5 Å². The van der Waals surface area contributed by atoms with Gasteiger partial charge in [0.05, 0.1) is 24.9 Å². The van der Waals surface area contributed by atoms with E-state index in [9.17, 15) is 9.90 Å². The summed E-state index contributed by atoms with van der Waals surface area (Å²) in [6.45, 7) is 2.02. The van der Waals surface area contributed by atoms with E-state index in [1.54, 1.807) is 7.11 Å². The molecule has 136 valence electrons. The van der Waals surface area contributed by atoms with Crippen LogP contribution in [-0.2, 0) is 11.2 Å². The van der Waals surface area contributed by atoms with Gasteiger partial charge in [-0.05, 0) is 36.8 Å². The number of carbonyl (C=O) groups is 1. The predicted octanol–water partition coefficient (Wildman–Crippen LogP) is 4.67. The second-order valence-corrected chi connectivity index (χ2v) is 7.26. The summed E-state index contributed by atoms with van der Waals surface area (Å²) in [7, 11) is 1.64. The summed E-state index contributed by atoms with van der Waals surface area (Å²) in [6, 6.07) is 17.7. The highest BCUT2D eigenvalue weighted by molar-refractivity contribution is 7.17. The summed E-state index contributed by atoms with van der Waals surface area (Å²) in [5.41, 5.74) is 4.78. The maximum absolute atomic E-state index is 11.3. The molecule has 0 amide bonds. The number of ether oxygens (including phenoxy) is 1. The van der Waals surface area contributed by atoms with E-state index in [2.05, 4.69) is 4.40 Å². The number of carboxylic acid groups (broad SMARTS) is 1. The zero-order valence-corrected chi connectivity index (χ0v) is 15.8. The van der Waals surface area contributed by atoms with Crippen molar-refractivity contribution in [1.29, 1.82) is 0 Å². The van der Waals surface area contributed by atoms with Gasteiger partial charge in [-0.2, -0.15) is 0 Å². The number of rotatable bonds is 5. The van der Waals surface area contributed by atoms with E-state index in [0.29, 0.717) is 0 Å². The van der Waals surface area contributed by atoms with Crippen molar-refractivity contribution in [3.63, 3.8) is 0 Å². The van der Waals surface area contributed by atoms with E-state index in [0.717, 1.165) is 43.8 Å². The Hall–Kier alpha value is -3.12. The number of hydrogen-bond acceptors (Lipinski definition) is 4. The first-order valence-corrected chi connectivity index (χ1v) is 9.32. The molecule has 0 atom stereocenters. The molecule has 0 radical (unpaired) electrons. The molecule has 27 heavy (non-hydrogen) atoms. The Morgan fingerprint density at radius 3 is 2.44 bits per heavy atom. The van der Waals surface area contributed by atoms with Crippen LogP contribution in [0.4, 0.5) is 0 Å². The van der Waals surface area contributed by atoms with Gasteiger partial charge in [0.2, 0.25) is 0 Å². The van der Waals surface area contributed by atoms with E-state index >= 15 is 0 Å². The van der Waals surface area contributed by atoms with Gasteiger partial charge in [-0.1, -0.05) is 30.3 Å². The summed E-state index contributed by atoms with van der Waals surface area (Å²) in [5, 5.41) is 9.32. The predicted molar refractivity (Wildman–Crippen MR) is 107 cm³/mol. The Kier molecular flexibility index (Phi) is 4.41. The highest BCUT2D eigenvalue weighted by Gasteiger charge is 2.21. The van der Waals surface area contributed by atoms with Gasteiger partial charge < -0.3 is 9.84 Å². The summed E-state index contributed by atoms with van der Waals surface area (Å²) >= 11 is 1.43. The van der Waals surface area contributed by atoms with Crippen molar-refractivity contribution in [3.05, 3.63) is 65.2 Å². The second kappa shape index (κ2) is 6.89. The number of methoxy groups -OCH3 is 1. The molecule has 0 aliphatic rings. The molecule has 6 heteroatoms. The van der Waals surface area contributed by atoms with Crippen molar-refractivity contribution in [2.24, 2.45) is 0 Å². The van der Waals surface area contributed by atoms with Crippen LogP contribution >= 0.6 is 11.3 Å². The van der Waals surface area contributed by atoms with Crippen LogP contribution in [0.25, 0.3) is 27.5 Å². The second-order valence-electron chi connectivity index (χ2n) is 6.20. The normalized spacial score (nSPS) is 11.0. The van der Waals surface area contributed by atoms with Crippen molar-refractivity contribution in [2.45, 2.75) is 13.3 Å². The van der Waals surface area contributed by atoms with Gasteiger partial charge in [-0.25, -0.2) is 4.98 Å². The van der Waals surface area contributed by atoms with Crippen LogP contribution in [0.3, 0.4) is 0 Å². The Bertz CT molecular complexity index is 1110. The van der Waals surface area contributed by atoms with E-state index in [-0.39, 0.29) is 6.42 Å². The molecule has 4 rings (SSSR count). The fourth-order valence-electron chi connectivity index (χ4n) is 3.26. The molecule has 2 aromatic carbocycles. The Morgan fingerprint density at radius 1 is 1.11 bits per heavy atom. The SMILES string of the molecule is COc1ccc(-c2nc3sc(CC(=O)O)c(-c4ccccc4)n3c2C)cc1. The maximum atomic E-state index is 11.3. The van der Waals surface area contributed by atoms with Gasteiger partial charge in [-0.15, -0.1) is 11.3 Å². The summed E-state index contributed by atoms with van der Waals surface area (Å²) in [5.74, 6) is -0.0455. The largest absolute Gasteiger partial charge is 0.497 e. The van der Waals surface area contributed by atoms with Crippen LogP contribution in [-0.4, -0.2) is 27.6 Å². The lowest BCUT2D eigenvalue weighted by Crippen LogP contribution is -2.01. The number of aryl methyl sites for hydroxylation is 1. The fourth-order valence-corrected chi connectivity index (χ4v) is 4.43. The minimum Gasteiger partial charge on any atom is -0.497 e. The Labute approximate surface area is 160 Å². The number of imidazole rings is 1. The topological polar surface area (TPSA) is 63.8 Å². The van der Waals surface area contributed by atoms with Crippen LogP contribution in [0.15, 0.2) is 54.6 Å². The molecule has 0 spiro atoms. The number of aliphatic carboxylic acids is 1. The lowest BCUT2D eigenvalue weighted by atomic mass is 10.1. The van der Waals surface area contributed by atoms with Crippen LogP contribution in [0.2, 0.25) is 0 Å². The molecule has 0 bridgehead atoms. The van der Waals surface area contributed by atoms with Crippen molar-refractivity contribution in [2.75, 3.05) is 7.11 Å². The Morgan fingerprint density at radius 2 is 1.81 bits per heavy atom. The molecular weight excluding hydrogens is 360 g/mol. The van der Waals surface area contributed by atoms with Gasteiger partial charge in [0.25, 0.3) is 0 Å². The lowest BCUT2D eigenvalue weighted by molar-refractivity contribution is -0.136. The van der Waals surface area contributed by atoms with Crippen LogP contribution in [0.5, 0.6) is 5.75 Å². The summed E-state index contributed by atoms with van der Waals surface area (Å²) in [6.07, 6.45) is -0.0183. The zero-order chi connectivity index (χ0) is 19.0. The van der Waals surface area contributed by atoms with Crippen molar-refractivity contribution < 1.29 is 14.6 Å². The quantitative estimate of drug-likeness (QED) is 0.548. The van der Waals surface area contributed by atoms with Crippen molar-refractivity contribution >= 4 is 22.3 Å². The molecule has 5 nitrogen and oxygen atoms in total. The third-order valence-electron chi connectivity index (χ3n) is 4.50. The van der Waals surface area contributed by atoms with Crippen LogP contribution in [0, 0.1) is 6.92 Å². The molecule has 0 aliphatic carbocycles. The third-order valence-corrected chi connectivity index (χ3v) is 5.54. The average molecular weight is 378 g/mol. The lowest BCUT2D eigenvalue weighted by Gasteiger charge is -2.07. The highest BCUT2D eigenvalue weighted by atomic mass is 32.1. The van der Waals surface area contributed by atoms with Crippen LogP contribution < -0.4 is 4.74 Å². The molecule has 0 unspecified atom stereocenters. The smallest absolute Gasteiger partial charge is 0.308 e. The summed E-state index contributed by atoms with van der Waals surface area (Å²) < 4.78 is 7.30. The first-order chi connectivity index (χ1) is 13.1. The highest BCUT2D eigenvalue weighted by Crippen LogP contribution is 2.36. The van der Waals surface area contributed by atoms with E-state index < -0.39 is 5.97 Å². The van der Waals surface area contributed by atoms with Crippen LogP contribution in [0.1, 0.15) is 10.6 Å². The number of aromatic nitrogens is 2. The standard InChI is InChI=1S/C21H18N2O3S/c1-13-19(14-8-10-16(26-2)11-9-14)22-21-23(13)20(15-6-4-3-5-7-15)17(27-21)12-18(24)25/h3-11H,12H2,1-2H3,(H,24,25). The minimum absolute atomic E-state index is 0.0183. The number of thiazole rings is 1. The fraction of sp³-hybridized carbons (Fsp3) is 0.143. The summed E-state index contributed by atoms with van der Waals surface area (Å²) in [4.78, 5) is 17.8. The number of nitrogens with zero attached hydrogens (tertiary/aromatic N) is 2. The molecule has 4 aromatic rings. The van der Waals surface area contributed by atoms with E-state index in [1.165, 1.54) is 11.3 Å². The van der Waals surface area contributed by atoms with Gasteiger partial charge in [0.15, 0.2) is 4.96 Å². The number of carboxylic acids is 1. The van der Waals surface area contributed by atoms with Gasteiger partial charge in [-0.3, -0.25) is 9.20 Å². The molecule has 0 fully saturated rings. The molecule has 0 saturated heterocycles.